The van der Waals surface area contributed by atoms with Gasteiger partial charge in [-0.2, -0.15) is 4.39 Å². The molecule has 6 heteroatoms. The predicted molar refractivity (Wildman–Crippen MR) is 36.8 cm³/mol. The maximum Gasteiger partial charge on any atom is 0.280 e. The van der Waals surface area contributed by atoms with Crippen molar-refractivity contribution in [3.05, 3.63) is 28.0 Å². The Kier molecular flexibility index (Phi) is 2.66. The zero-order chi connectivity index (χ0) is 9.30. The van der Waals surface area contributed by atoms with Crippen molar-refractivity contribution in [3.8, 4) is 0 Å². The molecule has 0 bridgehead atoms. The summed E-state index contributed by atoms with van der Waals surface area (Å²) in [5.41, 5.74) is -0.791. The number of pyridine rings is 1. The van der Waals surface area contributed by atoms with Gasteiger partial charge in [-0.1, -0.05) is 0 Å². The van der Waals surface area contributed by atoms with E-state index in [0.29, 0.717) is 0 Å². The third-order valence-corrected chi connectivity index (χ3v) is 1.69. The van der Waals surface area contributed by atoms with Gasteiger partial charge in [0.2, 0.25) is 0 Å². The molecule has 12 heavy (non-hydrogen) atoms. The van der Waals surface area contributed by atoms with Gasteiger partial charge in [-0.25, -0.2) is 18.2 Å². The summed E-state index contributed by atoms with van der Waals surface area (Å²) in [5, 5.41) is 0. The van der Waals surface area contributed by atoms with E-state index in [-0.39, 0.29) is 4.47 Å². The van der Waals surface area contributed by atoms with E-state index in [1.165, 1.54) is 0 Å². The molecular weight excluding hydrogens is 242 g/mol. The first-order chi connectivity index (χ1) is 5.52. The fourth-order valence-corrected chi connectivity index (χ4v) is 0.996. The van der Waals surface area contributed by atoms with Gasteiger partial charge in [0.05, 0.1) is 4.47 Å². The third kappa shape index (κ3) is 1.74. The van der Waals surface area contributed by atoms with Crippen molar-refractivity contribution in [3.63, 3.8) is 0 Å². The summed E-state index contributed by atoms with van der Waals surface area (Å²) in [6, 6.07) is 0.739. The molecule has 1 nitrogen and oxygen atoms in total. The normalized spacial score (nSPS) is 10.8. The maximum atomic E-state index is 12.4. The average Bonchev–Trinajstić information content (AvgIpc) is 1.99. The highest BCUT2D eigenvalue weighted by Crippen LogP contribution is 2.23. The fourth-order valence-electron chi connectivity index (χ4n) is 0.598. The molecule has 1 rings (SSSR count). The van der Waals surface area contributed by atoms with Gasteiger partial charge >= 0.3 is 0 Å². The van der Waals surface area contributed by atoms with Crippen LogP contribution in [0.25, 0.3) is 0 Å². The summed E-state index contributed by atoms with van der Waals surface area (Å²) < 4.78 is 48.2. The number of halogens is 5. The number of hydrogen-bond acceptors (Lipinski definition) is 1. The van der Waals surface area contributed by atoms with E-state index in [1.54, 1.807) is 0 Å². The van der Waals surface area contributed by atoms with Crippen LogP contribution in [0.5, 0.6) is 0 Å². The van der Waals surface area contributed by atoms with Crippen molar-refractivity contribution in [1.82, 2.24) is 4.98 Å². The number of alkyl halides is 2. The van der Waals surface area contributed by atoms with Crippen LogP contribution in [0.15, 0.2) is 10.5 Å². The monoisotopic (exact) mass is 243 g/mol. The molecule has 0 aliphatic carbocycles. The lowest BCUT2D eigenvalue weighted by Gasteiger charge is -2.00. The second-order valence-electron chi connectivity index (χ2n) is 1.93. The first-order valence-corrected chi connectivity index (χ1v) is 3.61. The molecule has 0 amide bonds. The summed E-state index contributed by atoms with van der Waals surface area (Å²) in [6.07, 6.45) is -2.91. The Hall–Kier alpha value is -0.650. The molecule has 0 N–H and O–H groups in total. The quantitative estimate of drug-likeness (QED) is 0.546. The molecular formula is C6H2BrF4N. The van der Waals surface area contributed by atoms with Gasteiger partial charge in [-0.05, 0) is 22.0 Å². The lowest BCUT2D eigenvalue weighted by Crippen LogP contribution is -1.97. The number of nitrogens with zero attached hydrogens (tertiary/aromatic N) is 1. The fraction of sp³-hybridized carbons (Fsp3) is 0.167. The largest absolute Gasteiger partial charge is 0.280 e. The van der Waals surface area contributed by atoms with Crippen molar-refractivity contribution < 1.29 is 17.6 Å². The Bertz CT molecular complexity index is 279. The number of rotatable bonds is 1. The second-order valence-corrected chi connectivity index (χ2v) is 2.79. The van der Waals surface area contributed by atoms with Crippen LogP contribution in [0.3, 0.4) is 0 Å². The SMILES string of the molecule is Fc1nc(C(F)F)cc(Br)c1F. The van der Waals surface area contributed by atoms with E-state index in [2.05, 4.69) is 20.9 Å². The van der Waals surface area contributed by atoms with Crippen molar-refractivity contribution in [2.75, 3.05) is 0 Å². The summed E-state index contributed by atoms with van der Waals surface area (Å²) >= 11 is 2.58. The van der Waals surface area contributed by atoms with Crippen molar-refractivity contribution in [2.45, 2.75) is 6.43 Å². The third-order valence-electron chi connectivity index (χ3n) is 1.12. The van der Waals surface area contributed by atoms with Crippen LogP contribution in [0.2, 0.25) is 0 Å². The Morgan fingerprint density at radius 1 is 1.33 bits per heavy atom. The Morgan fingerprint density at radius 3 is 2.33 bits per heavy atom. The lowest BCUT2D eigenvalue weighted by atomic mass is 10.3. The van der Waals surface area contributed by atoms with E-state index in [0.717, 1.165) is 6.07 Å². The first-order valence-electron chi connectivity index (χ1n) is 2.82. The molecule has 1 aromatic rings. The Balaban J connectivity index is 3.21. The minimum Gasteiger partial charge on any atom is -0.216 e. The van der Waals surface area contributed by atoms with Gasteiger partial charge in [0.1, 0.15) is 5.69 Å². The van der Waals surface area contributed by atoms with Crippen molar-refractivity contribution in [1.29, 1.82) is 0 Å². The van der Waals surface area contributed by atoms with E-state index >= 15 is 0 Å². The van der Waals surface area contributed by atoms with Crippen LogP contribution in [-0.4, -0.2) is 4.98 Å². The van der Waals surface area contributed by atoms with Gasteiger partial charge in [0.25, 0.3) is 12.4 Å². The van der Waals surface area contributed by atoms with Gasteiger partial charge in [-0.3, -0.25) is 0 Å². The topological polar surface area (TPSA) is 12.9 Å². The highest BCUT2D eigenvalue weighted by molar-refractivity contribution is 9.10. The molecule has 1 heterocycles. The smallest absolute Gasteiger partial charge is 0.216 e. The van der Waals surface area contributed by atoms with Crippen LogP contribution in [-0.2, 0) is 0 Å². The van der Waals surface area contributed by atoms with E-state index < -0.39 is 23.9 Å². The molecule has 0 aliphatic rings. The molecule has 66 valence electrons. The predicted octanol–water partition coefficient (Wildman–Crippen LogP) is 3.06. The number of hydrogen-bond donors (Lipinski definition) is 0. The zero-order valence-corrected chi connectivity index (χ0v) is 7.08. The molecule has 1 aromatic heterocycles. The van der Waals surface area contributed by atoms with Crippen LogP contribution in [0, 0.1) is 11.8 Å². The minimum absolute atomic E-state index is 0.356. The second kappa shape index (κ2) is 3.38. The Morgan fingerprint density at radius 2 is 1.92 bits per heavy atom. The summed E-state index contributed by atoms with van der Waals surface area (Å²) in [5.74, 6) is -2.79. The van der Waals surface area contributed by atoms with Crippen LogP contribution >= 0.6 is 15.9 Å². The molecule has 0 aliphatic heterocycles. The highest BCUT2D eigenvalue weighted by Gasteiger charge is 2.15. The van der Waals surface area contributed by atoms with Crippen molar-refractivity contribution >= 4 is 15.9 Å². The molecule has 0 saturated carbocycles. The van der Waals surface area contributed by atoms with E-state index in [1.807, 2.05) is 0 Å². The first kappa shape index (κ1) is 9.44. The Labute approximate surface area is 73.5 Å². The van der Waals surface area contributed by atoms with Gasteiger partial charge in [-0.15, -0.1) is 0 Å². The summed E-state index contributed by atoms with van der Waals surface area (Å²) in [6.45, 7) is 0. The van der Waals surface area contributed by atoms with Gasteiger partial charge in [0.15, 0.2) is 5.82 Å². The molecule has 0 radical (unpaired) electrons. The lowest BCUT2D eigenvalue weighted by molar-refractivity contribution is 0.144. The molecule has 0 atom stereocenters. The molecule has 0 fully saturated rings. The summed E-state index contributed by atoms with van der Waals surface area (Å²) in [4.78, 5) is 2.71. The molecule has 0 unspecified atom stereocenters. The molecule has 0 aromatic carbocycles. The highest BCUT2D eigenvalue weighted by atomic mass is 79.9. The van der Waals surface area contributed by atoms with E-state index in [9.17, 15) is 17.6 Å². The maximum absolute atomic E-state index is 12.4. The minimum atomic E-state index is -2.91. The van der Waals surface area contributed by atoms with Crippen LogP contribution < -0.4 is 0 Å². The molecule has 0 spiro atoms. The van der Waals surface area contributed by atoms with Gasteiger partial charge in [0, 0.05) is 0 Å². The standard InChI is InChI=1S/C6H2BrF4N/c7-2-1-3(5(9)10)12-6(11)4(2)8/h1,5H. The van der Waals surface area contributed by atoms with Crippen molar-refractivity contribution in [2.24, 2.45) is 0 Å². The van der Waals surface area contributed by atoms with Crippen LogP contribution in [0.1, 0.15) is 12.1 Å². The summed E-state index contributed by atoms with van der Waals surface area (Å²) in [7, 11) is 0. The zero-order valence-electron chi connectivity index (χ0n) is 5.49. The number of aromatic nitrogens is 1. The average molecular weight is 244 g/mol. The molecule has 0 saturated heterocycles. The van der Waals surface area contributed by atoms with E-state index in [4.69, 9.17) is 0 Å². The van der Waals surface area contributed by atoms with Gasteiger partial charge < -0.3 is 0 Å². The van der Waals surface area contributed by atoms with Crippen LogP contribution in [0.4, 0.5) is 17.6 Å².